The summed E-state index contributed by atoms with van der Waals surface area (Å²) < 4.78 is 0. The Hall–Kier alpha value is -1.60. The molecular formula is C19H25N. The Kier molecular flexibility index (Phi) is 5.82. The summed E-state index contributed by atoms with van der Waals surface area (Å²) >= 11 is 0. The number of aryl methyl sites for hydroxylation is 2. The highest BCUT2D eigenvalue weighted by molar-refractivity contribution is 5.21. The van der Waals surface area contributed by atoms with Crippen molar-refractivity contribution in [2.75, 3.05) is 6.54 Å². The zero-order valence-electron chi connectivity index (χ0n) is 12.6. The van der Waals surface area contributed by atoms with E-state index in [2.05, 4.69) is 73.8 Å². The fourth-order valence-corrected chi connectivity index (χ4v) is 2.56. The van der Waals surface area contributed by atoms with Gasteiger partial charge in [-0.3, -0.25) is 0 Å². The van der Waals surface area contributed by atoms with Crippen LogP contribution in [0.2, 0.25) is 0 Å². The van der Waals surface area contributed by atoms with Crippen molar-refractivity contribution >= 4 is 0 Å². The molecular weight excluding hydrogens is 242 g/mol. The molecule has 1 unspecified atom stereocenters. The monoisotopic (exact) mass is 267 g/mol. The van der Waals surface area contributed by atoms with Gasteiger partial charge in [0.2, 0.25) is 0 Å². The minimum absolute atomic E-state index is 0.559. The first kappa shape index (κ1) is 14.8. The standard InChI is InChI=1S/C19H25N/c1-3-20-19(15-18-7-5-4-6-8-18)14-13-17-11-9-16(2)10-12-17/h4-12,19-20H,3,13-15H2,1-2H3. The van der Waals surface area contributed by atoms with Crippen LogP contribution in [0.25, 0.3) is 0 Å². The maximum Gasteiger partial charge on any atom is 0.0110 e. The van der Waals surface area contributed by atoms with E-state index >= 15 is 0 Å². The first-order valence-corrected chi connectivity index (χ1v) is 7.60. The van der Waals surface area contributed by atoms with Crippen LogP contribution in [-0.2, 0) is 12.8 Å². The van der Waals surface area contributed by atoms with E-state index in [1.165, 1.54) is 23.1 Å². The molecule has 2 rings (SSSR count). The van der Waals surface area contributed by atoms with Crippen LogP contribution in [0.5, 0.6) is 0 Å². The summed E-state index contributed by atoms with van der Waals surface area (Å²) in [5, 5.41) is 3.61. The molecule has 20 heavy (non-hydrogen) atoms. The Balaban J connectivity index is 1.90. The van der Waals surface area contributed by atoms with Gasteiger partial charge in [0.1, 0.15) is 0 Å². The van der Waals surface area contributed by atoms with Gasteiger partial charge < -0.3 is 5.32 Å². The molecule has 2 aromatic carbocycles. The Labute approximate surface area is 123 Å². The lowest BCUT2D eigenvalue weighted by molar-refractivity contribution is 0.491. The van der Waals surface area contributed by atoms with Gasteiger partial charge in [-0.25, -0.2) is 0 Å². The van der Waals surface area contributed by atoms with Gasteiger partial charge in [0, 0.05) is 6.04 Å². The van der Waals surface area contributed by atoms with Gasteiger partial charge in [0.15, 0.2) is 0 Å². The maximum absolute atomic E-state index is 3.61. The summed E-state index contributed by atoms with van der Waals surface area (Å²) in [6, 6.07) is 20.2. The van der Waals surface area contributed by atoms with Crippen molar-refractivity contribution < 1.29 is 0 Å². The SMILES string of the molecule is CCNC(CCc1ccc(C)cc1)Cc1ccccc1. The van der Waals surface area contributed by atoms with Gasteiger partial charge in [-0.2, -0.15) is 0 Å². The molecule has 0 heterocycles. The normalized spacial score (nSPS) is 12.3. The summed E-state index contributed by atoms with van der Waals surface area (Å²) in [6.07, 6.45) is 3.44. The molecule has 1 nitrogen and oxygen atoms in total. The quantitative estimate of drug-likeness (QED) is 0.794. The van der Waals surface area contributed by atoms with E-state index in [0.717, 1.165) is 19.4 Å². The highest BCUT2D eigenvalue weighted by Gasteiger charge is 2.08. The Bertz CT molecular complexity index is 487. The Morgan fingerprint density at radius 1 is 0.900 bits per heavy atom. The molecule has 0 aliphatic carbocycles. The number of benzene rings is 2. The van der Waals surface area contributed by atoms with Crippen LogP contribution in [0.4, 0.5) is 0 Å². The molecule has 1 N–H and O–H groups in total. The van der Waals surface area contributed by atoms with Crippen LogP contribution in [0.1, 0.15) is 30.0 Å². The minimum Gasteiger partial charge on any atom is -0.314 e. The Morgan fingerprint density at radius 3 is 2.25 bits per heavy atom. The molecule has 0 fully saturated rings. The summed E-state index contributed by atoms with van der Waals surface area (Å²) in [4.78, 5) is 0. The van der Waals surface area contributed by atoms with Gasteiger partial charge in [-0.05, 0) is 43.9 Å². The largest absolute Gasteiger partial charge is 0.314 e. The molecule has 1 atom stereocenters. The molecule has 106 valence electrons. The zero-order valence-corrected chi connectivity index (χ0v) is 12.6. The van der Waals surface area contributed by atoms with E-state index in [9.17, 15) is 0 Å². The van der Waals surface area contributed by atoms with Crippen molar-refractivity contribution in [3.8, 4) is 0 Å². The van der Waals surface area contributed by atoms with Crippen molar-refractivity contribution in [1.29, 1.82) is 0 Å². The topological polar surface area (TPSA) is 12.0 Å². The number of nitrogens with one attached hydrogen (secondary N) is 1. The second-order valence-corrected chi connectivity index (χ2v) is 5.47. The average Bonchev–Trinajstić information content (AvgIpc) is 2.48. The lowest BCUT2D eigenvalue weighted by Gasteiger charge is -2.18. The van der Waals surface area contributed by atoms with E-state index in [4.69, 9.17) is 0 Å². The van der Waals surface area contributed by atoms with Crippen LogP contribution in [0.15, 0.2) is 54.6 Å². The molecule has 1 heteroatoms. The molecule has 0 amide bonds. The van der Waals surface area contributed by atoms with Crippen LogP contribution < -0.4 is 5.32 Å². The second-order valence-electron chi connectivity index (χ2n) is 5.47. The summed E-state index contributed by atoms with van der Waals surface area (Å²) in [7, 11) is 0. The lowest BCUT2D eigenvalue weighted by atomic mass is 9.98. The Morgan fingerprint density at radius 2 is 1.60 bits per heavy atom. The molecule has 0 saturated heterocycles. The van der Waals surface area contributed by atoms with Crippen molar-refractivity contribution in [2.45, 2.75) is 39.2 Å². The van der Waals surface area contributed by atoms with Crippen molar-refractivity contribution in [1.82, 2.24) is 5.32 Å². The van der Waals surface area contributed by atoms with Gasteiger partial charge >= 0.3 is 0 Å². The number of hydrogen-bond donors (Lipinski definition) is 1. The van der Waals surface area contributed by atoms with E-state index in [1.54, 1.807) is 0 Å². The predicted octanol–water partition coefficient (Wildman–Crippen LogP) is 4.15. The van der Waals surface area contributed by atoms with E-state index in [1.807, 2.05) is 0 Å². The summed E-state index contributed by atoms with van der Waals surface area (Å²) in [5.74, 6) is 0. The number of hydrogen-bond acceptors (Lipinski definition) is 1. The van der Waals surface area contributed by atoms with Crippen molar-refractivity contribution in [3.05, 3.63) is 71.3 Å². The molecule has 0 aliphatic rings. The van der Waals surface area contributed by atoms with E-state index < -0.39 is 0 Å². The maximum atomic E-state index is 3.61. The van der Waals surface area contributed by atoms with Gasteiger partial charge in [0.25, 0.3) is 0 Å². The second kappa shape index (κ2) is 7.86. The smallest absolute Gasteiger partial charge is 0.0110 e. The fourth-order valence-electron chi connectivity index (χ4n) is 2.56. The summed E-state index contributed by atoms with van der Waals surface area (Å²) in [6.45, 7) is 5.36. The minimum atomic E-state index is 0.559. The van der Waals surface area contributed by atoms with Crippen LogP contribution in [-0.4, -0.2) is 12.6 Å². The molecule has 0 aliphatic heterocycles. The van der Waals surface area contributed by atoms with Crippen LogP contribution in [0, 0.1) is 6.92 Å². The third-order valence-electron chi connectivity index (χ3n) is 3.72. The zero-order chi connectivity index (χ0) is 14.2. The summed E-state index contributed by atoms with van der Waals surface area (Å²) in [5.41, 5.74) is 4.19. The molecule has 0 spiro atoms. The average molecular weight is 267 g/mol. The van der Waals surface area contributed by atoms with Crippen LogP contribution in [0.3, 0.4) is 0 Å². The fraction of sp³-hybridized carbons (Fsp3) is 0.368. The molecule has 0 aromatic heterocycles. The van der Waals surface area contributed by atoms with Crippen molar-refractivity contribution in [2.24, 2.45) is 0 Å². The third kappa shape index (κ3) is 4.82. The first-order valence-electron chi connectivity index (χ1n) is 7.60. The van der Waals surface area contributed by atoms with E-state index in [0.29, 0.717) is 6.04 Å². The predicted molar refractivity (Wildman–Crippen MR) is 87.1 cm³/mol. The molecule has 0 saturated carbocycles. The number of rotatable bonds is 7. The van der Waals surface area contributed by atoms with Crippen molar-refractivity contribution in [3.63, 3.8) is 0 Å². The molecule has 0 radical (unpaired) electrons. The third-order valence-corrected chi connectivity index (χ3v) is 3.72. The first-order chi connectivity index (χ1) is 9.78. The molecule has 2 aromatic rings. The van der Waals surface area contributed by atoms with Crippen LogP contribution >= 0.6 is 0 Å². The highest BCUT2D eigenvalue weighted by Crippen LogP contribution is 2.11. The highest BCUT2D eigenvalue weighted by atomic mass is 14.9. The lowest BCUT2D eigenvalue weighted by Crippen LogP contribution is -2.31. The molecule has 0 bridgehead atoms. The van der Waals surface area contributed by atoms with Gasteiger partial charge in [-0.1, -0.05) is 67.1 Å². The number of likely N-dealkylation sites (N-methyl/N-ethyl adjacent to an activating group) is 1. The van der Waals surface area contributed by atoms with Gasteiger partial charge in [-0.15, -0.1) is 0 Å². The van der Waals surface area contributed by atoms with E-state index in [-0.39, 0.29) is 0 Å². The van der Waals surface area contributed by atoms with Gasteiger partial charge in [0.05, 0.1) is 0 Å².